The molecule has 0 atom stereocenters. The number of fused-ring (bicyclic) bond motifs is 1. The summed E-state index contributed by atoms with van der Waals surface area (Å²) < 4.78 is 34.6. The van der Waals surface area contributed by atoms with Crippen LogP contribution in [0.2, 0.25) is 0 Å². The Bertz CT molecular complexity index is 1150. The van der Waals surface area contributed by atoms with Gasteiger partial charge < -0.3 is 4.74 Å². The Labute approximate surface area is 192 Å². The third kappa shape index (κ3) is 4.49. The number of piperidine rings is 1. The van der Waals surface area contributed by atoms with Crippen molar-refractivity contribution in [2.45, 2.75) is 43.8 Å². The maximum Gasteiger partial charge on any atom is 0.328 e. The number of hydrogen-bond acceptors (Lipinski definition) is 6. The molecule has 3 fully saturated rings. The van der Waals surface area contributed by atoms with Crippen molar-refractivity contribution in [2.24, 2.45) is 5.92 Å². The Balaban J connectivity index is 1.25. The molecule has 2 aromatic rings. The number of sulfonamides is 1. The van der Waals surface area contributed by atoms with E-state index in [2.05, 4.69) is 10.4 Å². The van der Waals surface area contributed by atoms with Gasteiger partial charge in [-0.25, -0.2) is 22.0 Å². The standard InChI is InChI=1S/C22H29N5O5S/c28-21-4-9-26(22(29)24-21)20-15-23-27-10-3-17(14-19(20)27)13-16-1-7-25(8-2-16)33(30,31)18-5-11-32-12-6-18/h3,10,14-16,18H,1-2,4-9,11-13H2,(H,24,28,29). The largest absolute Gasteiger partial charge is 0.381 e. The Kier molecular flexibility index (Phi) is 6.11. The highest BCUT2D eigenvalue weighted by Crippen LogP contribution is 2.29. The summed E-state index contributed by atoms with van der Waals surface area (Å²) in [5.41, 5.74) is 2.62. The number of nitrogens with zero attached hydrogens (tertiary/aromatic N) is 4. The van der Waals surface area contributed by atoms with Crippen molar-refractivity contribution in [3.8, 4) is 0 Å². The number of carbonyl (C=O) groups is 2. The average Bonchev–Trinajstić information content (AvgIpc) is 3.23. The minimum absolute atomic E-state index is 0.262. The second kappa shape index (κ2) is 9.03. The molecule has 5 rings (SSSR count). The predicted molar refractivity (Wildman–Crippen MR) is 121 cm³/mol. The number of carbonyl (C=O) groups excluding carboxylic acids is 2. The van der Waals surface area contributed by atoms with Crippen LogP contribution in [0.3, 0.4) is 0 Å². The van der Waals surface area contributed by atoms with Gasteiger partial charge in [-0.05, 0) is 55.7 Å². The summed E-state index contributed by atoms with van der Waals surface area (Å²) in [6.07, 6.45) is 7.46. The number of nitrogens with one attached hydrogen (secondary N) is 1. The molecule has 2 aromatic heterocycles. The van der Waals surface area contributed by atoms with Crippen LogP contribution in [0.5, 0.6) is 0 Å². The van der Waals surface area contributed by atoms with E-state index in [0.29, 0.717) is 57.3 Å². The van der Waals surface area contributed by atoms with E-state index in [9.17, 15) is 18.0 Å². The van der Waals surface area contributed by atoms with Gasteiger partial charge in [0, 0.05) is 45.5 Å². The molecule has 33 heavy (non-hydrogen) atoms. The van der Waals surface area contributed by atoms with Gasteiger partial charge in [-0.15, -0.1) is 0 Å². The molecule has 11 heteroatoms. The number of pyridine rings is 1. The highest BCUT2D eigenvalue weighted by Gasteiger charge is 2.35. The molecule has 5 heterocycles. The van der Waals surface area contributed by atoms with E-state index in [1.165, 1.54) is 0 Å². The molecule has 0 aromatic carbocycles. The molecule has 10 nitrogen and oxygen atoms in total. The second-order valence-electron chi connectivity index (χ2n) is 9.05. The van der Waals surface area contributed by atoms with Gasteiger partial charge >= 0.3 is 6.03 Å². The maximum absolute atomic E-state index is 13.0. The van der Waals surface area contributed by atoms with Crippen molar-refractivity contribution >= 4 is 33.2 Å². The zero-order valence-corrected chi connectivity index (χ0v) is 19.3. The lowest BCUT2D eigenvalue weighted by Gasteiger charge is -2.35. The number of anilines is 1. The van der Waals surface area contributed by atoms with Gasteiger partial charge in [-0.1, -0.05) is 0 Å². The molecular formula is C22H29N5O5S. The van der Waals surface area contributed by atoms with Crippen LogP contribution in [0.4, 0.5) is 10.5 Å². The predicted octanol–water partition coefficient (Wildman–Crippen LogP) is 1.54. The van der Waals surface area contributed by atoms with Crippen LogP contribution in [-0.4, -0.2) is 72.4 Å². The Morgan fingerprint density at radius 3 is 2.58 bits per heavy atom. The summed E-state index contributed by atoms with van der Waals surface area (Å²) in [4.78, 5) is 25.3. The number of urea groups is 1. The van der Waals surface area contributed by atoms with Gasteiger partial charge in [-0.2, -0.15) is 5.10 Å². The van der Waals surface area contributed by atoms with Crippen molar-refractivity contribution in [3.05, 3.63) is 30.1 Å². The number of amides is 3. The number of aromatic nitrogens is 2. The molecule has 1 N–H and O–H groups in total. The van der Waals surface area contributed by atoms with Crippen molar-refractivity contribution in [1.29, 1.82) is 0 Å². The van der Waals surface area contributed by atoms with Crippen LogP contribution in [0, 0.1) is 5.92 Å². The van der Waals surface area contributed by atoms with E-state index < -0.39 is 16.1 Å². The van der Waals surface area contributed by atoms with E-state index in [4.69, 9.17) is 4.74 Å². The van der Waals surface area contributed by atoms with Crippen LogP contribution >= 0.6 is 0 Å². The summed E-state index contributed by atoms with van der Waals surface area (Å²) in [5, 5.41) is 6.38. The fraction of sp³-hybridized carbons (Fsp3) is 0.591. The van der Waals surface area contributed by atoms with E-state index in [1.807, 2.05) is 18.3 Å². The smallest absolute Gasteiger partial charge is 0.328 e. The summed E-state index contributed by atoms with van der Waals surface area (Å²) in [6.45, 7) is 2.50. The van der Waals surface area contributed by atoms with E-state index in [-0.39, 0.29) is 17.6 Å². The van der Waals surface area contributed by atoms with E-state index in [1.54, 1.807) is 19.9 Å². The van der Waals surface area contributed by atoms with Gasteiger partial charge in [-0.3, -0.25) is 15.0 Å². The van der Waals surface area contributed by atoms with Gasteiger partial charge in [0.2, 0.25) is 15.9 Å². The molecule has 0 radical (unpaired) electrons. The number of ether oxygens (including phenoxy) is 1. The molecule has 3 aliphatic heterocycles. The first-order valence-corrected chi connectivity index (χ1v) is 13.1. The molecule has 0 saturated carbocycles. The summed E-state index contributed by atoms with van der Waals surface area (Å²) in [6, 6.07) is 3.64. The van der Waals surface area contributed by atoms with Gasteiger partial charge in [0.1, 0.15) is 0 Å². The SMILES string of the molecule is O=C1CCN(c2cnn3ccc(CC4CCN(S(=O)(=O)C5CCOCC5)CC4)cc23)C(=O)N1. The fourth-order valence-corrected chi connectivity index (χ4v) is 6.96. The molecule has 3 amide bonds. The molecule has 178 valence electrons. The minimum Gasteiger partial charge on any atom is -0.381 e. The maximum atomic E-state index is 13.0. The quantitative estimate of drug-likeness (QED) is 0.702. The summed E-state index contributed by atoms with van der Waals surface area (Å²) >= 11 is 0. The number of hydrogen-bond donors (Lipinski definition) is 1. The molecule has 3 saturated heterocycles. The minimum atomic E-state index is -3.26. The topological polar surface area (TPSA) is 113 Å². The lowest BCUT2D eigenvalue weighted by atomic mass is 9.91. The third-order valence-corrected chi connectivity index (χ3v) is 9.36. The molecule has 0 unspecified atom stereocenters. The van der Waals surface area contributed by atoms with E-state index >= 15 is 0 Å². The van der Waals surface area contributed by atoms with Crippen molar-refractivity contribution in [2.75, 3.05) is 37.7 Å². The first kappa shape index (κ1) is 22.3. The highest BCUT2D eigenvalue weighted by molar-refractivity contribution is 7.89. The van der Waals surface area contributed by atoms with Gasteiger partial charge in [0.05, 0.1) is 22.7 Å². The summed E-state index contributed by atoms with van der Waals surface area (Å²) in [5.74, 6) is 0.134. The van der Waals surface area contributed by atoms with Crippen LogP contribution in [0.25, 0.3) is 5.52 Å². The first-order chi connectivity index (χ1) is 15.9. The van der Waals surface area contributed by atoms with Gasteiger partial charge in [0.15, 0.2) is 0 Å². The monoisotopic (exact) mass is 475 g/mol. The molecule has 3 aliphatic rings. The molecular weight excluding hydrogens is 446 g/mol. The zero-order valence-electron chi connectivity index (χ0n) is 18.5. The second-order valence-corrected chi connectivity index (χ2v) is 11.3. The van der Waals surface area contributed by atoms with Crippen molar-refractivity contribution in [1.82, 2.24) is 19.2 Å². The molecule has 0 spiro atoms. The molecule has 0 bridgehead atoms. The highest BCUT2D eigenvalue weighted by atomic mass is 32.2. The Morgan fingerprint density at radius 2 is 1.85 bits per heavy atom. The molecule has 0 aliphatic carbocycles. The summed E-state index contributed by atoms with van der Waals surface area (Å²) in [7, 11) is -3.26. The average molecular weight is 476 g/mol. The number of imide groups is 1. The van der Waals surface area contributed by atoms with Crippen molar-refractivity contribution in [3.63, 3.8) is 0 Å². The lowest BCUT2D eigenvalue weighted by Crippen LogP contribution is -2.49. The van der Waals surface area contributed by atoms with E-state index in [0.717, 1.165) is 30.3 Å². The zero-order chi connectivity index (χ0) is 23.0. The van der Waals surface area contributed by atoms with Crippen LogP contribution in [-0.2, 0) is 26.0 Å². The lowest BCUT2D eigenvalue weighted by molar-refractivity contribution is -0.120. The number of rotatable bonds is 5. The van der Waals surface area contributed by atoms with Crippen LogP contribution in [0.1, 0.15) is 37.7 Å². The Morgan fingerprint density at radius 1 is 1.09 bits per heavy atom. The van der Waals surface area contributed by atoms with Crippen LogP contribution in [0.15, 0.2) is 24.5 Å². The third-order valence-electron chi connectivity index (χ3n) is 6.96. The fourth-order valence-electron chi connectivity index (χ4n) is 5.03. The van der Waals surface area contributed by atoms with Gasteiger partial charge in [0.25, 0.3) is 0 Å². The van der Waals surface area contributed by atoms with Crippen LogP contribution < -0.4 is 10.2 Å². The first-order valence-electron chi connectivity index (χ1n) is 11.6. The Hall–Kier alpha value is -2.50. The normalized spacial score (nSPS) is 22.1. The van der Waals surface area contributed by atoms with Crippen molar-refractivity contribution < 1.29 is 22.7 Å².